The fourth-order valence-electron chi connectivity index (χ4n) is 4.19. The smallest absolute Gasteiger partial charge is 0.347 e. The Labute approximate surface area is 183 Å². The van der Waals surface area contributed by atoms with Gasteiger partial charge in [0.2, 0.25) is 5.91 Å². The molecule has 2 aromatic heterocycles. The highest BCUT2D eigenvalue weighted by molar-refractivity contribution is 5.92. The largest absolute Gasteiger partial charge is 0.434 e. The van der Waals surface area contributed by atoms with Crippen molar-refractivity contribution >= 4 is 11.7 Å². The monoisotopic (exact) mass is 453 g/mol. The molecule has 1 aliphatic carbocycles. The lowest BCUT2D eigenvalue weighted by atomic mass is 9.97. The number of amides is 1. The molecule has 3 heterocycles. The molecule has 1 amide bonds. The van der Waals surface area contributed by atoms with Crippen molar-refractivity contribution in [1.82, 2.24) is 19.5 Å². The number of halogens is 3. The standard InChI is InChI=1S/C21H26F3N5O3/c1-20(2)31-11-16(32-20)14-8-26-18(9-25-14)28-19(30)15(7-13-5-3-4-6-13)29-10-17(27-12-29)21(22,23)24/h8-10,12-13,15-16H,3-7,11H2,1-2H3,(H,26,28,30). The van der Waals surface area contributed by atoms with E-state index in [-0.39, 0.29) is 17.8 Å². The molecule has 1 aliphatic heterocycles. The van der Waals surface area contributed by atoms with Crippen LogP contribution in [-0.2, 0) is 20.4 Å². The number of ether oxygens (including phenoxy) is 2. The van der Waals surface area contributed by atoms with Gasteiger partial charge in [0.25, 0.3) is 0 Å². The first-order chi connectivity index (χ1) is 15.1. The van der Waals surface area contributed by atoms with E-state index in [1.807, 2.05) is 0 Å². The quantitative estimate of drug-likeness (QED) is 0.702. The van der Waals surface area contributed by atoms with Gasteiger partial charge in [0.05, 0.1) is 31.0 Å². The van der Waals surface area contributed by atoms with Gasteiger partial charge in [-0.3, -0.25) is 9.78 Å². The molecule has 174 valence electrons. The fraction of sp³-hybridized carbons (Fsp3) is 0.619. The third-order valence-corrected chi connectivity index (χ3v) is 5.85. The number of imidazole rings is 1. The van der Waals surface area contributed by atoms with Crippen LogP contribution in [0, 0.1) is 5.92 Å². The summed E-state index contributed by atoms with van der Waals surface area (Å²) < 4.78 is 51.6. The zero-order valence-corrected chi connectivity index (χ0v) is 17.9. The van der Waals surface area contributed by atoms with Crippen LogP contribution < -0.4 is 5.32 Å². The first-order valence-corrected chi connectivity index (χ1v) is 10.7. The summed E-state index contributed by atoms with van der Waals surface area (Å²) in [5.41, 5.74) is -0.451. The zero-order valence-electron chi connectivity index (χ0n) is 17.9. The summed E-state index contributed by atoms with van der Waals surface area (Å²) in [4.78, 5) is 25.0. The van der Waals surface area contributed by atoms with Crippen LogP contribution >= 0.6 is 0 Å². The molecule has 0 radical (unpaired) electrons. The Hall–Kier alpha value is -2.53. The second kappa shape index (κ2) is 8.78. The average molecular weight is 453 g/mol. The number of aromatic nitrogens is 4. The maximum Gasteiger partial charge on any atom is 0.434 e. The molecule has 32 heavy (non-hydrogen) atoms. The van der Waals surface area contributed by atoms with Crippen molar-refractivity contribution in [1.29, 1.82) is 0 Å². The molecular weight excluding hydrogens is 427 g/mol. The normalized spacial score (nSPS) is 22.2. The summed E-state index contributed by atoms with van der Waals surface area (Å²) in [6, 6.07) is -0.824. The van der Waals surface area contributed by atoms with Crippen LogP contribution in [0.15, 0.2) is 24.9 Å². The summed E-state index contributed by atoms with van der Waals surface area (Å²) in [6.45, 7) is 3.96. The number of rotatable bonds is 6. The van der Waals surface area contributed by atoms with Crippen LogP contribution in [0.25, 0.3) is 0 Å². The number of alkyl halides is 3. The van der Waals surface area contributed by atoms with E-state index in [2.05, 4.69) is 20.3 Å². The predicted molar refractivity (Wildman–Crippen MR) is 107 cm³/mol. The second-order valence-electron chi connectivity index (χ2n) is 8.74. The highest BCUT2D eigenvalue weighted by Gasteiger charge is 2.36. The first kappa shape index (κ1) is 22.7. The van der Waals surface area contributed by atoms with Crippen LogP contribution in [0.3, 0.4) is 0 Å². The van der Waals surface area contributed by atoms with Gasteiger partial charge in [-0.15, -0.1) is 0 Å². The minimum atomic E-state index is -4.57. The Balaban J connectivity index is 1.47. The Bertz CT molecular complexity index is 939. The topological polar surface area (TPSA) is 91.2 Å². The van der Waals surface area contributed by atoms with Crippen molar-refractivity contribution in [3.05, 3.63) is 36.3 Å². The second-order valence-corrected chi connectivity index (χ2v) is 8.74. The Morgan fingerprint density at radius 2 is 2.00 bits per heavy atom. The minimum Gasteiger partial charge on any atom is -0.347 e. The molecule has 0 aromatic carbocycles. The molecule has 1 N–H and O–H groups in total. The summed E-state index contributed by atoms with van der Waals surface area (Å²) >= 11 is 0. The van der Waals surface area contributed by atoms with E-state index in [4.69, 9.17) is 9.47 Å². The molecule has 2 unspecified atom stereocenters. The van der Waals surface area contributed by atoms with E-state index in [1.165, 1.54) is 17.0 Å². The Morgan fingerprint density at radius 1 is 1.25 bits per heavy atom. The third-order valence-electron chi connectivity index (χ3n) is 5.85. The number of nitrogens with one attached hydrogen (secondary N) is 1. The first-order valence-electron chi connectivity index (χ1n) is 10.7. The van der Waals surface area contributed by atoms with Crippen LogP contribution in [-0.4, -0.2) is 37.8 Å². The number of hydrogen-bond acceptors (Lipinski definition) is 6. The lowest BCUT2D eigenvalue weighted by molar-refractivity contribution is -0.141. The van der Waals surface area contributed by atoms with Crippen LogP contribution in [0.1, 0.15) is 69.5 Å². The molecule has 11 heteroatoms. The number of carbonyl (C=O) groups excluding carboxylic acids is 1. The number of hydrogen-bond donors (Lipinski definition) is 1. The summed E-state index contributed by atoms with van der Waals surface area (Å²) in [6.07, 6.45) is 4.40. The molecule has 8 nitrogen and oxygen atoms in total. The molecule has 1 saturated carbocycles. The summed E-state index contributed by atoms with van der Waals surface area (Å²) in [5, 5.41) is 2.68. The highest BCUT2D eigenvalue weighted by atomic mass is 19.4. The maximum absolute atomic E-state index is 13.0. The van der Waals surface area contributed by atoms with Gasteiger partial charge >= 0.3 is 6.18 Å². The highest BCUT2D eigenvalue weighted by Crippen LogP contribution is 2.35. The Morgan fingerprint density at radius 3 is 2.56 bits per heavy atom. The molecular formula is C21H26F3N5O3. The van der Waals surface area contributed by atoms with E-state index < -0.39 is 29.6 Å². The fourth-order valence-corrected chi connectivity index (χ4v) is 4.19. The lowest BCUT2D eigenvalue weighted by Crippen LogP contribution is -2.27. The van der Waals surface area contributed by atoms with Gasteiger partial charge < -0.3 is 19.4 Å². The summed E-state index contributed by atoms with van der Waals surface area (Å²) in [7, 11) is 0. The average Bonchev–Trinajstić information content (AvgIpc) is 3.47. The van der Waals surface area contributed by atoms with Gasteiger partial charge in [-0.25, -0.2) is 9.97 Å². The molecule has 0 spiro atoms. The zero-order chi connectivity index (χ0) is 22.9. The summed E-state index contributed by atoms with van der Waals surface area (Å²) in [5.74, 6) is -0.665. The minimum absolute atomic E-state index is 0.213. The van der Waals surface area contributed by atoms with Gasteiger partial charge in [-0.05, 0) is 26.2 Å². The van der Waals surface area contributed by atoms with E-state index in [9.17, 15) is 18.0 Å². The van der Waals surface area contributed by atoms with Gasteiger partial charge in [0, 0.05) is 6.20 Å². The van der Waals surface area contributed by atoms with Gasteiger partial charge in [0.1, 0.15) is 12.1 Å². The molecule has 1 saturated heterocycles. The van der Waals surface area contributed by atoms with E-state index >= 15 is 0 Å². The number of carbonyl (C=O) groups is 1. The SMILES string of the molecule is CC1(C)OCC(c2cnc(NC(=O)C(CC3CCCC3)n3cnc(C(F)(F)F)c3)cn2)O1. The Kier molecular flexibility index (Phi) is 6.22. The molecule has 4 rings (SSSR count). The van der Waals surface area contributed by atoms with Crippen molar-refractivity contribution in [2.75, 3.05) is 11.9 Å². The molecule has 2 aliphatic rings. The van der Waals surface area contributed by atoms with Crippen LogP contribution in [0.5, 0.6) is 0 Å². The van der Waals surface area contributed by atoms with E-state index in [0.717, 1.165) is 38.2 Å². The molecule has 0 bridgehead atoms. The molecule has 2 fully saturated rings. The molecule has 2 aromatic rings. The van der Waals surface area contributed by atoms with Crippen LogP contribution in [0.2, 0.25) is 0 Å². The van der Waals surface area contributed by atoms with Crippen LogP contribution in [0.4, 0.5) is 19.0 Å². The van der Waals surface area contributed by atoms with E-state index in [0.29, 0.717) is 18.7 Å². The van der Waals surface area contributed by atoms with Crippen molar-refractivity contribution < 1.29 is 27.4 Å². The third kappa shape index (κ3) is 5.26. The van der Waals surface area contributed by atoms with Crippen molar-refractivity contribution in [2.24, 2.45) is 5.92 Å². The maximum atomic E-state index is 13.0. The van der Waals surface area contributed by atoms with Crippen molar-refractivity contribution in [3.8, 4) is 0 Å². The van der Waals surface area contributed by atoms with Gasteiger partial charge in [-0.2, -0.15) is 13.2 Å². The van der Waals surface area contributed by atoms with Crippen molar-refractivity contribution in [3.63, 3.8) is 0 Å². The lowest BCUT2D eigenvalue weighted by Gasteiger charge is -2.21. The number of nitrogens with zero attached hydrogens (tertiary/aromatic N) is 4. The number of anilines is 1. The van der Waals surface area contributed by atoms with E-state index in [1.54, 1.807) is 13.8 Å². The van der Waals surface area contributed by atoms with Gasteiger partial charge in [-0.1, -0.05) is 25.7 Å². The van der Waals surface area contributed by atoms with Gasteiger partial charge in [0.15, 0.2) is 17.3 Å². The van der Waals surface area contributed by atoms with Crippen molar-refractivity contribution in [2.45, 2.75) is 70.1 Å². The molecule has 2 atom stereocenters. The predicted octanol–water partition coefficient (Wildman–Crippen LogP) is 4.28.